The fourth-order valence-corrected chi connectivity index (χ4v) is 2.34. The number of hydrogen-bond acceptors (Lipinski definition) is 2. The Balaban J connectivity index is 1.99. The molecular weight excluding hydrogens is 286 g/mol. The molecule has 0 aliphatic rings. The van der Waals surface area contributed by atoms with Gasteiger partial charge in [0.1, 0.15) is 5.75 Å². The van der Waals surface area contributed by atoms with Crippen LogP contribution in [0.4, 0.5) is 5.69 Å². The lowest BCUT2D eigenvalue weighted by Gasteiger charge is -2.17. The average Bonchev–Trinajstić information content (AvgIpc) is 2.60. The second-order valence-electron chi connectivity index (χ2n) is 5.75. The van der Waals surface area contributed by atoms with Crippen LogP contribution in [0, 0.1) is 0 Å². The van der Waals surface area contributed by atoms with E-state index in [4.69, 9.17) is 4.74 Å². The summed E-state index contributed by atoms with van der Waals surface area (Å²) in [5.41, 5.74) is 2.09. The third-order valence-electron chi connectivity index (χ3n) is 4.04. The van der Waals surface area contributed by atoms with Crippen LogP contribution in [-0.2, 0) is 4.79 Å². The van der Waals surface area contributed by atoms with Gasteiger partial charge in [0.15, 0.2) is 6.10 Å². The molecule has 122 valence electrons. The summed E-state index contributed by atoms with van der Waals surface area (Å²) in [5, 5.41) is 2.93. The van der Waals surface area contributed by atoms with Gasteiger partial charge in [0.2, 0.25) is 0 Å². The summed E-state index contributed by atoms with van der Waals surface area (Å²) in [6, 6.07) is 17.5. The van der Waals surface area contributed by atoms with Crippen molar-refractivity contribution in [2.24, 2.45) is 0 Å². The first-order valence-electron chi connectivity index (χ1n) is 8.26. The van der Waals surface area contributed by atoms with E-state index in [0.717, 1.165) is 12.1 Å². The van der Waals surface area contributed by atoms with Crippen LogP contribution >= 0.6 is 0 Å². The number of para-hydroxylation sites is 1. The average molecular weight is 311 g/mol. The van der Waals surface area contributed by atoms with Crippen molar-refractivity contribution in [1.82, 2.24) is 0 Å². The van der Waals surface area contributed by atoms with Gasteiger partial charge in [-0.05, 0) is 48.6 Å². The van der Waals surface area contributed by atoms with E-state index < -0.39 is 6.10 Å². The van der Waals surface area contributed by atoms with Crippen LogP contribution in [0.5, 0.6) is 5.75 Å². The monoisotopic (exact) mass is 311 g/mol. The van der Waals surface area contributed by atoms with Crippen LogP contribution in [0.1, 0.15) is 45.1 Å². The Kier molecular flexibility index (Phi) is 6.21. The van der Waals surface area contributed by atoms with Gasteiger partial charge in [0.25, 0.3) is 5.91 Å². The molecule has 3 heteroatoms. The highest BCUT2D eigenvalue weighted by Crippen LogP contribution is 2.21. The molecule has 0 bridgehead atoms. The SMILES string of the molecule is CC[C@H](Oc1ccccc1)C(=O)Nc1ccc([C@H](C)CC)cc1. The molecule has 0 saturated carbocycles. The van der Waals surface area contributed by atoms with Crippen molar-refractivity contribution >= 4 is 11.6 Å². The minimum Gasteiger partial charge on any atom is -0.481 e. The quantitative estimate of drug-likeness (QED) is 0.781. The van der Waals surface area contributed by atoms with Gasteiger partial charge in [-0.3, -0.25) is 4.79 Å². The Morgan fingerprint density at radius 1 is 1.00 bits per heavy atom. The second-order valence-corrected chi connectivity index (χ2v) is 5.75. The van der Waals surface area contributed by atoms with E-state index in [-0.39, 0.29) is 5.91 Å². The number of hydrogen-bond donors (Lipinski definition) is 1. The molecule has 2 atom stereocenters. The molecule has 0 saturated heterocycles. The van der Waals surface area contributed by atoms with Gasteiger partial charge in [-0.2, -0.15) is 0 Å². The van der Waals surface area contributed by atoms with Crippen LogP contribution in [0.3, 0.4) is 0 Å². The number of amides is 1. The molecule has 0 heterocycles. The van der Waals surface area contributed by atoms with Crippen molar-refractivity contribution in [3.8, 4) is 5.75 Å². The summed E-state index contributed by atoms with van der Waals surface area (Å²) in [6.45, 7) is 6.32. The number of ether oxygens (including phenoxy) is 1. The predicted molar refractivity (Wildman–Crippen MR) is 94.9 cm³/mol. The van der Waals surface area contributed by atoms with Gasteiger partial charge in [-0.15, -0.1) is 0 Å². The summed E-state index contributed by atoms with van der Waals surface area (Å²) in [6.07, 6.45) is 1.23. The maximum Gasteiger partial charge on any atom is 0.265 e. The van der Waals surface area contributed by atoms with E-state index in [1.165, 1.54) is 5.56 Å². The number of anilines is 1. The minimum absolute atomic E-state index is 0.118. The molecule has 0 radical (unpaired) electrons. The van der Waals surface area contributed by atoms with E-state index in [1.807, 2.05) is 49.4 Å². The fourth-order valence-electron chi connectivity index (χ4n) is 2.34. The Labute approximate surface area is 138 Å². The molecule has 23 heavy (non-hydrogen) atoms. The molecule has 0 aliphatic heterocycles. The van der Waals surface area contributed by atoms with Crippen molar-refractivity contribution in [3.05, 3.63) is 60.2 Å². The lowest BCUT2D eigenvalue weighted by atomic mass is 9.98. The Bertz CT molecular complexity index is 607. The van der Waals surface area contributed by atoms with E-state index >= 15 is 0 Å². The van der Waals surface area contributed by atoms with Crippen LogP contribution in [0.15, 0.2) is 54.6 Å². The summed E-state index contributed by atoms with van der Waals surface area (Å²) in [5.74, 6) is 1.12. The highest BCUT2D eigenvalue weighted by atomic mass is 16.5. The van der Waals surface area contributed by atoms with Crippen LogP contribution in [0.25, 0.3) is 0 Å². The first kappa shape index (κ1) is 17.1. The molecule has 1 amide bonds. The molecule has 0 unspecified atom stereocenters. The van der Waals surface area contributed by atoms with Gasteiger partial charge in [-0.1, -0.05) is 51.1 Å². The first-order valence-corrected chi connectivity index (χ1v) is 8.26. The lowest BCUT2D eigenvalue weighted by Crippen LogP contribution is -2.32. The number of benzene rings is 2. The lowest BCUT2D eigenvalue weighted by molar-refractivity contribution is -0.122. The van der Waals surface area contributed by atoms with Crippen LogP contribution < -0.4 is 10.1 Å². The zero-order valence-electron chi connectivity index (χ0n) is 14.1. The third-order valence-corrected chi connectivity index (χ3v) is 4.04. The zero-order chi connectivity index (χ0) is 16.7. The Morgan fingerprint density at radius 2 is 1.65 bits per heavy atom. The maximum absolute atomic E-state index is 12.4. The largest absolute Gasteiger partial charge is 0.481 e. The second kappa shape index (κ2) is 8.37. The predicted octanol–water partition coefficient (Wildman–Crippen LogP) is 5.00. The highest BCUT2D eigenvalue weighted by molar-refractivity contribution is 5.94. The molecule has 0 spiro atoms. The maximum atomic E-state index is 12.4. The van der Waals surface area contributed by atoms with Gasteiger partial charge < -0.3 is 10.1 Å². The van der Waals surface area contributed by atoms with E-state index in [0.29, 0.717) is 18.1 Å². The van der Waals surface area contributed by atoms with Crippen LogP contribution in [-0.4, -0.2) is 12.0 Å². The number of nitrogens with one attached hydrogen (secondary N) is 1. The molecule has 0 aromatic heterocycles. The molecule has 2 rings (SSSR count). The van der Waals surface area contributed by atoms with Gasteiger partial charge in [0.05, 0.1) is 0 Å². The van der Waals surface area contributed by atoms with Crippen molar-refractivity contribution in [2.75, 3.05) is 5.32 Å². The zero-order valence-corrected chi connectivity index (χ0v) is 14.1. The highest BCUT2D eigenvalue weighted by Gasteiger charge is 2.18. The topological polar surface area (TPSA) is 38.3 Å². The smallest absolute Gasteiger partial charge is 0.265 e. The fraction of sp³-hybridized carbons (Fsp3) is 0.350. The van der Waals surface area contributed by atoms with Crippen LogP contribution in [0.2, 0.25) is 0 Å². The minimum atomic E-state index is -0.494. The van der Waals surface area contributed by atoms with Crippen molar-refractivity contribution < 1.29 is 9.53 Å². The van der Waals surface area contributed by atoms with Crippen molar-refractivity contribution in [3.63, 3.8) is 0 Å². The number of carbonyl (C=O) groups excluding carboxylic acids is 1. The Morgan fingerprint density at radius 3 is 2.22 bits per heavy atom. The number of carbonyl (C=O) groups is 1. The van der Waals surface area contributed by atoms with E-state index in [9.17, 15) is 4.79 Å². The van der Waals surface area contributed by atoms with E-state index in [2.05, 4.69) is 31.3 Å². The normalized spacial score (nSPS) is 13.2. The molecule has 1 N–H and O–H groups in total. The Hall–Kier alpha value is -2.29. The third kappa shape index (κ3) is 4.85. The van der Waals surface area contributed by atoms with Gasteiger partial charge >= 0.3 is 0 Å². The first-order chi connectivity index (χ1) is 11.1. The number of rotatable bonds is 7. The van der Waals surface area contributed by atoms with E-state index in [1.54, 1.807) is 0 Å². The van der Waals surface area contributed by atoms with Gasteiger partial charge in [0, 0.05) is 5.69 Å². The standard InChI is InChI=1S/C20H25NO2/c1-4-15(3)16-11-13-17(14-12-16)21-20(22)19(5-2)23-18-9-7-6-8-10-18/h6-15,19H,4-5H2,1-3H3,(H,21,22)/t15-,19+/m1/s1. The summed E-state index contributed by atoms with van der Waals surface area (Å²) < 4.78 is 5.76. The molecule has 2 aromatic rings. The van der Waals surface area contributed by atoms with Crippen molar-refractivity contribution in [1.29, 1.82) is 0 Å². The summed E-state index contributed by atoms with van der Waals surface area (Å²) in [4.78, 5) is 12.4. The van der Waals surface area contributed by atoms with Crippen molar-refractivity contribution in [2.45, 2.75) is 45.6 Å². The molecule has 2 aromatic carbocycles. The molecular formula is C20H25NO2. The molecule has 0 aliphatic carbocycles. The molecule has 3 nitrogen and oxygen atoms in total. The summed E-state index contributed by atoms with van der Waals surface area (Å²) in [7, 11) is 0. The molecule has 0 fully saturated rings. The summed E-state index contributed by atoms with van der Waals surface area (Å²) >= 11 is 0. The van der Waals surface area contributed by atoms with Gasteiger partial charge in [-0.25, -0.2) is 0 Å².